The van der Waals surface area contributed by atoms with Gasteiger partial charge in [0.1, 0.15) is 6.10 Å². The Balaban J connectivity index is 2.66. The van der Waals surface area contributed by atoms with Crippen LogP contribution in [0, 0.1) is 29.1 Å². The molecular weight excluding hydrogens is 293 g/mol. The minimum Gasteiger partial charge on any atom is -0.483 e. The van der Waals surface area contributed by atoms with Gasteiger partial charge in [0.25, 0.3) is 0 Å². The summed E-state index contributed by atoms with van der Waals surface area (Å²) in [5.41, 5.74) is 0. The SMILES string of the molecule is CCCCCNCC(C)Oc1c(F)c(F)c(F)c(F)c1F. The molecule has 0 fully saturated rings. The number of unbranched alkanes of at least 4 members (excludes halogenated alkanes) is 2. The molecule has 1 rings (SSSR count). The Bertz CT molecular complexity index is 452. The van der Waals surface area contributed by atoms with Crippen LogP contribution in [-0.4, -0.2) is 19.2 Å². The van der Waals surface area contributed by atoms with Gasteiger partial charge in [-0.15, -0.1) is 0 Å². The summed E-state index contributed by atoms with van der Waals surface area (Å²) >= 11 is 0. The van der Waals surface area contributed by atoms with Gasteiger partial charge >= 0.3 is 0 Å². The van der Waals surface area contributed by atoms with E-state index in [1.165, 1.54) is 6.92 Å². The van der Waals surface area contributed by atoms with E-state index in [0.717, 1.165) is 19.3 Å². The van der Waals surface area contributed by atoms with Crippen LogP contribution in [0.4, 0.5) is 22.0 Å². The molecule has 0 radical (unpaired) electrons. The second kappa shape index (κ2) is 8.17. The van der Waals surface area contributed by atoms with Crippen molar-refractivity contribution in [1.29, 1.82) is 0 Å². The Morgan fingerprint density at radius 3 is 1.95 bits per heavy atom. The maximum absolute atomic E-state index is 13.4. The number of nitrogens with one attached hydrogen (secondary N) is 1. The first-order valence-electron chi connectivity index (χ1n) is 6.78. The van der Waals surface area contributed by atoms with E-state index in [4.69, 9.17) is 4.74 Å². The first kappa shape index (κ1) is 17.7. The maximum atomic E-state index is 13.4. The molecule has 0 amide bonds. The summed E-state index contributed by atoms with van der Waals surface area (Å²) < 4.78 is 70.4. The predicted molar refractivity (Wildman–Crippen MR) is 68.7 cm³/mol. The Morgan fingerprint density at radius 1 is 0.905 bits per heavy atom. The average Bonchev–Trinajstić information content (AvgIpc) is 2.47. The summed E-state index contributed by atoms with van der Waals surface area (Å²) in [5, 5.41) is 2.99. The first-order chi connectivity index (χ1) is 9.90. The molecule has 2 nitrogen and oxygen atoms in total. The van der Waals surface area contributed by atoms with Gasteiger partial charge in [-0.1, -0.05) is 19.8 Å². The van der Waals surface area contributed by atoms with Gasteiger partial charge < -0.3 is 10.1 Å². The Morgan fingerprint density at radius 2 is 1.43 bits per heavy atom. The zero-order valence-electron chi connectivity index (χ0n) is 11.9. The van der Waals surface area contributed by atoms with Crippen molar-refractivity contribution in [2.45, 2.75) is 39.2 Å². The van der Waals surface area contributed by atoms with Gasteiger partial charge in [0.05, 0.1) is 0 Å². The van der Waals surface area contributed by atoms with E-state index < -0.39 is 40.9 Å². The van der Waals surface area contributed by atoms with Crippen LogP contribution < -0.4 is 10.1 Å². The average molecular weight is 311 g/mol. The van der Waals surface area contributed by atoms with Crippen LogP contribution in [0.15, 0.2) is 0 Å². The fourth-order valence-corrected chi connectivity index (χ4v) is 1.74. The van der Waals surface area contributed by atoms with E-state index in [9.17, 15) is 22.0 Å². The number of halogens is 5. The van der Waals surface area contributed by atoms with E-state index >= 15 is 0 Å². The van der Waals surface area contributed by atoms with Gasteiger partial charge in [-0.2, -0.15) is 8.78 Å². The van der Waals surface area contributed by atoms with Crippen molar-refractivity contribution in [1.82, 2.24) is 5.32 Å². The van der Waals surface area contributed by atoms with Crippen molar-refractivity contribution in [2.24, 2.45) is 0 Å². The van der Waals surface area contributed by atoms with Crippen LogP contribution in [0.1, 0.15) is 33.1 Å². The number of hydrogen-bond donors (Lipinski definition) is 1. The smallest absolute Gasteiger partial charge is 0.207 e. The summed E-state index contributed by atoms with van der Waals surface area (Å²) in [5.74, 6) is -11.4. The molecule has 1 aromatic rings. The molecule has 0 bridgehead atoms. The summed E-state index contributed by atoms with van der Waals surface area (Å²) in [6, 6.07) is 0. The molecule has 0 aliphatic rings. The second-order valence-electron chi connectivity index (χ2n) is 4.74. The lowest BCUT2D eigenvalue weighted by Gasteiger charge is -2.17. The Kier molecular flexibility index (Phi) is 6.87. The zero-order valence-corrected chi connectivity index (χ0v) is 11.9. The van der Waals surface area contributed by atoms with Crippen molar-refractivity contribution in [3.8, 4) is 5.75 Å². The number of benzene rings is 1. The molecule has 120 valence electrons. The highest BCUT2D eigenvalue weighted by Gasteiger charge is 2.27. The molecule has 1 atom stereocenters. The molecular formula is C14H18F5NO. The normalized spacial score (nSPS) is 12.5. The third-order valence-corrected chi connectivity index (χ3v) is 2.88. The van der Waals surface area contributed by atoms with Gasteiger partial charge in [0.15, 0.2) is 5.75 Å². The van der Waals surface area contributed by atoms with E-state index in [1.54, 1.807) is 0 Å². The third kappa shape index (κ3) is 4.56. The fraction of sp³-hybridized carbons (Fsp3) is 0.571. The fourth-order valence-electron chi connectivity index (χ4n) is 1.74. The van der Waals surface area contributed by atoms with Gasteiger partial charge in [0.2, 0.25) is 29.1 Å². The molecule has 0 saturated carbocycles. The number of rotatable bonds is 8. The minimum absolute atomic E-state index is 0.239. The summed E-state index contributed by atoms with van der Waals surface area (Å²) in [4.78, 5) is 0. The van der Waals surface area contributed by atoms with Gasteiger partial charge in [-0.05, 0) is 19.9 Å². The predicted octanol–water partition coefficient (Wildman–Crippen LogP) is 3.93. The van der Waals surface area contributed by atoms with Crippen molar-refractivity contribution in [3.05, 3.63) is 29.1 Å². The Labute approximate surface area is 120 Å². The van der Waals surface area contributed by atoms with Gasteiger partial charge in [-0.3, -0.25) is 0 Å². The number of hydrogen-bond acceptors (Lipinski definition) is 2. The van der Waals surface area contributed by atoms with Crippen LogP contribution in [0.3, 0.4) is 0 Å². The van der Waals surface area contributed by atoms with Crippen LogP contribution in [0.25, 0.3) is 0 Å². The van der Waals surface area contributed by atoms with E-state index in [2.05, 4.69) is 12.2 Å². The first-order valence-corrected chi connectivity index (χ1v) is 6.78. The quantitative estimate of drug-likeness (QED) is 0.340. The molecule has 1 N–H and O–H groups in total. The molecule has 7 heteroatoms. The van der Waals surface area contributed by atoms with Crippen LogP contribution in [0.2, 0.25) is 0 Å². The lowest BCUT2D eigenvalue weighted by atomic mass is 10.2. The van der Waals surface area contributed by atoms with Crippen LogP contribution >= 0.6 is 0 Å². The molecule has 0 aliphatic carbocycles. The highest BCUT2D eigenvalue weighted by molar-refractivity contribution is 5.29. The van der Waals surface area contributed by atoms with Gasteiger partial charge in [-0.25, -0.2) is 13.2 Å². The minimum atomic E-state index is -2.19. The Hall–Kier alpha value is -1.37. The molecule has 1 aromatic carbocycles. The topological polar surface area (TPSA) is 21.3 Å². The van der Waals surface area contributed by atoms with E-state index in [-0.39, 0.29) is 6.54 Å². The van der Waals surface area contributed by atoms with E-state index in [1.807, 2.05) is 0 Å². The molecule has 0 spiro atoms. The second-order valence-corrected chi connectivity index (χ2v) is 4.74. The zero-order chi connectivity index (χ0) is 16.0. The van der Waals surface area contributed by atoms with E-state index in [0.29, 0.717) is 6.54 Å². The van der Waals surface area contributed by atoms with Crippen molar-refractivity contribution < 1.29 is 26.7 Å². The van der Waals surface area contributed by atoms with Crippen molar-refractivity contribution >= 4 is 0 Å². The maximum Gasteiger partial charge on any atom is 0.207 e. The molecule has 0 aromatic heterocycles. The lowest BCUT2D eigenvalue weighted by Crippen LogP contribution is -2.30. The van der Waals surface area contributed by atoms with Gasteiger partial charge in [0, 0.05) is 6.54 Å². The number of ether oxygens (including phenoxy) is 1. The third-order valence-electron chi connectivity index (χ3n) is 2.88. The van der Waals surface area contributed by atoms with Crippen LogP contribution in [0.5, 0.6) is 5.75 Å². The molecule has 0 heterocycles. The molecule has 0 saturated heterocycles. The highest BCUT2D eigenvalue weighted by Crippen LogP contribution is 2.29. The summed E-state index contributed by atoms with van der Waals surface area (Å²) in [7, 11) is 0. The lowest BCUT2D eigenvalue weighted by molar-refractivity contribution is 0.189. The standard InChI is InChI=1S/C14H18F5NO/c1-3-4-5-6-20-7-8(2)21-14-12(18)10(16)9(15)11(17)13(14)19/h8,20H,3-7H2,1-2H3. The largest absolute Gasteiger partial charge is 0.483 e. The summed E-state index contributed by atoms with van der Waals surface area (Å²) in [6.45, 7) is 4.46. The molecule has 21 heavy (non-hydrogen) atoms. The van der Waals surface area contributed by atoms with Crippen LogP contribution in [-0.2, 0) is 0 Å². The molecule has 0 aliphatic heterocycles. The highest BCUT2D eigenvalue weighted by atomic mass is 19.2. The van der Waals surface area contributed by atoms with Crippen molar-refractivity contribution in [2.75, 3.05) is 13.1 Å². The monoisotopic (exact) mass is 311 g/mol. The van der Waals surface area contributed by atoms with Crippen molar-refractivity contribution in [3.63, 3.8) is 0 Å². The molecule has 1 unspecified atom stereocenters. The summed E-state index contributed by atoms with van der Waals surface area (Å²) in [6.07, 6.45) is 2.30.